The zero-order valence-corrected chi connectivity index (χ0v) is 15.7. The highest BCUT2D eigenvalue weighted by molar-refractivity contribution is 5.57. The predicted molar refractivity (Wildman–Crippen MR) is 100 cm³/mol. The molecule has 2 aromatic rings. The zero-order valence-electron chi connectivity index (χ0n) is 15.7. The Morgan fingerprint density at radius 1 is 0.846 bits per heavy atom. The first-order valence-electron chi connectivity index (χ1n) is 9.53. The SMILES string of the molecule is CCCCCCCCCCOc1ccc(-c2ncc(C)cn2)c(F)c1F. The van der Waals surface area contributed by atoms with Crippen molar-refractivity contribution in [1.82, 2.24) is 9.97 Å². The van der Waals surface area contributed by atoms with Crippen molar-refractivity contribution in [2.75, 3.05) is 6.61 Å². The molecule has 0 N–H and O–H groups in total. The summed E-state index contributed by atoms with van der Waals surface area (Å²) in [7, 11) is 0. The highest BCUT2D eigenvalue weighted by atomic mass is 19.2. The van der Waals surface area contributed by atoms with Gasteiger partial charge in [0.05, 0.1) is 12.2 Å². The Morgan fingerprint density at radius 3 is 2.12 bits per heavy atom. The molecule has 0 fully saturated rings. The monoisotopic (exact) mass is 362 g/mol. The van der Waals surface area contributed by atoms with Crippen LogP contribution in [0, 0.1) is 18.6 Å². The third-order valence-corrected chi connectivity index (χ3v) is 4.32. The molecule has 2 rings (SSSR count). The summed E-state index contributed by atoms with van der Waals surface area (Å²) >= 11 is 0. The minimum absolute atomic E-state index is 0.0435. The molecule has 0 aliphatic rings. The molecule has 0 amide bonds. The average Bonchev–Trinajstić information content (AvgIpc) is 2.65. The van der Waals surface area contributed by atoms with Crippen LogP contribution < -0.4 is 4.74 Å². The van der Waals surface area contributed by atoms with E-state index in [1.165, 1.54) is 44.2 Å². The molecule has 0 radical (unpaired) electrons. The predicted octanol–water partition coefficient (Wildman–Crippen LogP) is 6.25. The van der Waals surface area contributed by atoms with Crippen LogP contribution in [0.4, 0.5) is 8.78 Å². The van der Waals surface area contributed by atoms with Gasteiger partial charge in [-0.25, -0.2) is 14.4 Å². The number of benzene rings is 1. The second-order valence-corrected chi connectivity index (χ2v) is 6.65. The van der Waals surface area contributed by atoms with E-state index in [2.05, 4.69) is 16.9 Å². The molecule has 0 saturated heterocycles. The van der Waals surface area contributed by atoms with Gasteiger partial charge in [-0.2, -0.15) is 4.39 Å². The van der Waals surface area contributed by atoms with Crippen molar-refractivity contribution in [3.05, 3.63) is 41.7 Å². The van der Waals surface area contributed by atoms with Crippen molar-refractivity contribution >= 4 is 0 Å². The molecule has 0 atom stereocenters. The van der Waals surface area contributed by atoms with Crippen LogP contribution in [-0.2, 0) is 0 Å². The first kappa shape index (κ1) is 20.3. The van der Waals surface area contributed by atoms with Crippen LogP contribution in [-0.4, -0.2) is 16.6 Å². The molecule has 3 nitrogen and oxygen atoms in total. The molecule has 5 heteroatoms. The Morgan fingerprint density at radius 2 is 1.46 bits per heavy atom. The Kier molecular flexibility index (Phi) is 8.45. The van der Waals surface area contributed by atoms with Gasteiger partial charge in [0.2, 0.25) is 5.82 Å². The summed E-state index contributed by atoms with van der Waals surface area (Å²) < 4.78 is 33.9. The smallest absolute Gasteiger partial charge is 0.201 e. The molecule has 1 heterocycles. The van der Waals surface area contributed by atoms with Gasteiger partial charge in [-0.1, -0.05) is 51.9 Å². The molecule has 0 saturated carbocycles. The molecule has 0 aliphatic carbocycles. The van der Waals surface area contributed by atoms with E-state index in [4.69, 9.17) is 4.74 Å². The Balaban J connectivity index is 1.80. The summed E-state index contributed by atoms with van der Waals surface area (Å²) in [5.74, 6) is -1.84. The molecule has 0 bridgehead atoms. The molecule has 0 spiro atoms. The zero-order chi connectivity index (χ0) is 18.8. The van der Waals surface area contributed by atoms with Crippen molar-refractivity contribution in [1.29, 1.82) is 0 Å². The summed E-state index contributed by atoms with van der Waals surface area (Å²) in [6.07, 6.45) is 12.6. The summed E-state index contributed by atoms with van der Waals surface area (Å²) in [5, 5.41) is 0. The van der Waals surface area contributed by atoms with E-state index >= 15 is 0 Å². The maximum absolute atomic E-state index is 14.3. The Bertz CT molecular complexity index is 674. The lowest BCUT2D eigenvalue weighted by atomic mass is 10.1. The highest BCUT2D eigenvalue weighted by Gasteiger charge is 2.17. The molecule has 1 aromatic heterocycles. The summed E-state index contributed by atoms with van der Waals surface area (Å²) in [4.78, 5) is 8.09. The molecular weight excluding hydrogens is 334 g/mol. The minimum atomic E-state index is -0.980. The standard InChI is InChI=1S/C21H28F2N2O/c1-3-4-5-6-7-8-9-10-13-26-18-12-11-17(19(22)20(18)23)21-24-14-16(2)15-25-21/h11-12,14-15H,3-10,13H2,1-2H3. The van der Waals surface area contributed by atoms with E-state index in [1.54, 1.807) is 12.4 Å². The normalized spacial score (nSPS) is 10.9. The minimum Gasteiger partial charge on any atom is -0.490 e. The van der Waals surface area contributed by atoms with Crippen molar-refractivity contribution in [2.45, 2.75) is 65.2 Å². The largest absolute Gasteiger partial charge is 0.490 e. The number of halogens is 2. The average molecular weight is 362 g/mol. The van der Waals surface area contributed by atoms with Gasteiger partial charge < -0.3 is 4.74 Å². The summed E-state index contributed by atoms with van der Waals surface area (Å²) in [6, 6.07) is 2.91. The maximum atomic E-state index is 14.3. The Labute approximate surface area is 154 Å². The van der Waals surface area contributed by atoms with E-state index in [-0.39, 0.29) is 17.1 Å². The number of rotatable bonds is 11. The van der Waals surface area contributed by atoms with Gasteiger partial charge in [-0.05, 0) is 31.0 Å². The molecule has 0 aliphatic heterocycles. The number of hydrogen-bond acceptors (Lipinski definition) is 3. The van der Waals surface area contributed by atoms with Crippen LogP contribution in [0.25, 0.3) is 11.4 Å². The first-order chi connectivity index (χ1) is 12.6. The Hall–Kier alpha value is -2.04. The van der Waals surface area contributed by atoms with E-state index in [9.17, 15) is 8.78 Å². The fourth-order valence-electron chi connectivity index (χ4n) is 2.77. The lowest BCUT2D eigenvalue weighted by molar-refractivity contribution is 0.285. The number of aryl methyl sites for hydroxylation is 1. The topological polar surface area (TPSA) is 35.0 Å². The fourth-order valence-corrected chi connectivity index (χ4v) is 2.77. The number of nitrogens with zero attached hydrogens (tertiary/aromatic N) is 2. The summed E-state index contributed by atoms with van der Waals surface area (Å²) in [6.45, 7) is 4.44. The molecule has 1 aromatic carbocycles. The molecule has 0 unspecified atom stereocenters. The number of ether oxygens (including phenoxy) is 1. The third-order valence-electron chi connectivity index (χ3n) is 4.32. The molecule has 142 valence electrons. The molecule has 26 heavy (non-hydrogen) atoms. The van der Waals surface area contributed by atoms with Gasteiger partial charge in [0.1, 0.15) is 0 Å². The quantitative estimate of drug-likeness (QED) is 0.443. The lowest BCUT2D eigenvalue weighted by Gasteiger charge is -2.10. The van der Waals surface area contributed by atoms with E-state index in [1.807, 2.05) is 6.92 Å². The van der Waals surface area contributed by atoms with Crippen LogP contribution >= 0.6 is 0 Å². The lowest BCUT2D eigenvalue weighted by Crippen LogP contribution is -2.02. The van der Waals surface area contributed by atoms with Gasteiger partial charge in [0.25, 0.3) is 0 Å². The van der Waals surface area contributed by atoms with E-state index in [0.29, 0.717) is 6.61 Å². The van der Waals surface area contributed by atoms with Gasteiger partial charge in [-0.15, -0.1) is 0 Å². The van der Waals surface area contributed by atoms with Crippen molar-refractivity contribution in [2.24, 2.45) is 0 Å². The van der Waals surface area contributed by atoms with Crippen molar-refractivity contribution in [3.8, 4) is 17.1 Å². The second kappa shape index (κ2) is 10.8. The van der Waals surface area contributed by atoms with Crippen molar-refractivity contribution in [3.63, 3.8) is 0 Å². The van der Waals surface area contributed by atoms with Gasteiger partial charge in [0, 0.05) is 12.4 Å². The second-order valence-electron chi connectivity index (χ2n) is 6.65. The first-order valence-corrected chi connectivity index (χ1v) is 9.53. The van der Waals surface area contributed by atoms with Crippen LogP contribution in [0.3, 0.4) is 0 Å². The van der Waals surface area contributed by atoms with Gasteiger partial charge >= 0.3 is 0 Å². The van der Waals surface area contributed by atoms with Crippen LogP contribution in [0.2, 0.25) is 0 Å². The number of aromatic nitrogens is 2. The van der Waals surface area contributed by atoms with E-state index < -0.39 is 11.6 Å². The van der Waals surface area contributed by atoms with Crippen LogP contribution in [0.1, 0.15) is 63.9 Å². The van der Waals surface area contributed by atoms with Gasteiger partial charge in [0.15, 0.2) is 17.4 Å². The van der Waals surface area contributed by atoms with Crippen LogP contribution in [0.15, 0.2) is 24.5 Å². The third kappa shape index (κ3) is 6.04. The highest BCUT2D eigenvalue weighted by Crippen LogP contribution is 2.28. The maximum Gasteiger partial charge on any atom is 0.201 e. The summed E-state index contributed by atoms with van der Waals surface area (Å²) in [5.41, 5.74) is 0.905. The number of hydrogen-bond donors (Lipinski definition) is 0. The number of unbranched alkanes of at least 4 members (excludes halogenated alkanes) is 7. The fraction of sp³-hybridized carbons (Fsp3) is 0.524. The van der Waals surface area contributed by atoms with Gasteiger partial charge in [-0.3, -0.25) is 0 Å². The van der Waals surface area contributed by atoms with E-state index in [0.717, 1.165) is 24.8 Å². The molecular formula is C21H28F2N2O. The van der Waals surface area contributed by atoms with Crippen molar-refractivity contribution < 1.29 is 13.5 Å². The van der Waals surface area contributed by atoms with Crippen LogP contribution in [0.5, 0.6) is 5.75 Å².